The van der Waals surface area contributed by atoms with Crippen LogP contribution in [0.1, 0.15) is 0 Å². The number of fused-ring (bicyclic) bond motifs is 1. The summed E-state index contributed by atoms with van der Waals surface area (Å²) in [5.74, 6) is -4.40. The van der Waals surface area contributed by atoms with Gasteiger partial charge in [0.25, 0.3) is 0 Å². The van der Waals surface area contributed by atoms with Crippen LogP contribution in [-0.2, 0) is 23.9 Å². The molecule has 1 aromatic rings. The van der Waals surface area contributed by atoms with Gasteiger partial charge in [-0.05, 0) is 12.1 Å². The normalized spacial score (nSPS) is 30.8. The molecule has 0 radical (unpaired) electrons. The van der Waals surface area contributed by atoms with Crippen LogP contribution >= 0.6 is 0 Å². The molecule has 2 bridgehead atoms. The minimum absolute atomic E-state index is 0.156. The molecule has 4 atom stereocenters. The highest BCUT2D eigenvalue weighted by atomic mass is 16.5. The van der Waals surface area contributed by atoms with Crippen LogP contribution in [-0.4, -0.2) is 36.8 Å². The van der Waals surface area contributed by atoms with Crippen LogP contribution in [0, 0.1) is 17.8 Å². The molecule has 0 aromatic heterocycles. The number of piperidine rings is 1. The zero-order valence-electron chi connectivity index (χ0n) is 12.8. The predicted molar refractivity (Wildman–Crippen MR) is 81.4 cm³/mol. The third-order valence-corrected chi connectivity index (χ3v) is 4.87. The van der Waals surface area contributed by atoms with Crippen LogP contribution < -0.4 is 10.2 Å². The van der Waals surface area contributed by atoms with Crippen molar-refractivity contribution in [3.8, 4) is 0 Å². The number of ether oxygens (including phenoxy) is 1. The Labute approximate surface area is 137 Å². The van der Waals surface area contributed by atoms with Crippen molar-refractivity contribution in [2.75, 3.05) is 12.0 Å². The van der Waals surface area contributed by atoms with Crippen molar-refractivity contribution in [3.05, 3.63) is 42.0 Å². The number of nitrogens with one attached hydrogen (secondary N) is 1. The molecule has 1 aromatic carbocycles. The minimum atomic E-state index is -0.988. The van der Waals surface area contributed by atoms with E-state index in [1.165, 1.54) is 7.11 Å². The fourth-order valence-corrected chi connectivity index (χ4v) is 3.87. The Morgan fingerprint density at radius 2 is 1.75 bits per heavy atom. The Balaban J connectivity index is 1.79. The minimum Gasteiger partial charge on any atom is -0.466 e. The number of carbonyl (C=O) groups is 4. The van der Waals surface area contributed by atoms with Gasteiger partial charge in [-0.2, -0.15) is 0 Å². The molecule has 3 amide bonds. The van der Waals surface area contributed by atoms with Gasteiger partial charge in [-0.3, -0.25) is 14.4 Å². The molecule has 5 rings (SSSR count). The van der Waals surface area contributed by atoms with Crippen LogP contribution in [0.3, 0.4) is 0 Å². The van der Waals surface area contributed by atoms with E-state index in [9.17, 15) is 19.2 Å². The summed E-state index contributed by atoms with van der Waals surface area (Å²) in [4.78, 5) is 51.0. The van der Waals surface area contributed by atoms with Gasteiger partial charge in [-0.25, -0.2) is 9.69 Å². The number of amides is 3. The molecule has 7 heteroatoms. The highest BCUT2D eigenvalue weighted by Crippen LogP contribution is 2.46. The number of benzene rings is 1. The average Bonchev–Trinajstić information content (AvgIpc) is 2.87. The van der Waals surface area contributed by atoms with Crippen LogP contribution in [0.15, 0.2) is 42.0 Å². The largest absolute Gasteiger partial charge is 0.466 e. The van der Waals surface area contributed by atoms with Gasteiger partial charge in [0.05, 0.1) is 36.6 Å². The molecule has 1 aliphatic carbocycles. The first kappa shape index (κ1) is 14.6. The number of methoxy groups -OCH3 is 1. The first-order chi connectivity index (χ1) is 11.5. The maximum Gasteiger partial charge on any atom is 0.334 e. The first-order valence-electron chi connectivity index (χ1n) is 7.58. The molecular weight excluding hydrogens is 312 g/mol. The summed E-state index contributed by atoms with van der Waals surface area (Å²) in [7, 11) is 1.22. The number of rotatable bonds is 2. The second-order valence-electron chi connectivity index (χ2n) is 6.02. The fraction of sp³-hybridized carbons (Fsp3) is 0.294. The van der Waals surface area contributed by atoms with Crippen LogP contribution in [0.2, 0.25) is 0 Å². The standard InChI is InChI=1S/C17H14N2O5/c1-24-17(23)9-7-10-12-13(11(9)14(20)18-10)16(22)19(15(12)21)8-5-3-2-4-6-8/h2-7,10-13H,1H3,(H,18,20)/t10-,11+,12+,13-/m1/s1. The molecule has 3 heterocycles. The molecule has 122 valence electrons. The number of hydrogen-bond donors (Lipinski definition) is 1. The molecule has 2 fully saturated rings. The summed E-state index contributed by atoms with van der Waals surface area (Å²) in [6.45, 7) is 0. The van der Waals surface area contributed by atoms with E-state index >= 15 is 0 Å². The van der Waals surface area contributed by atoms with E-state index in [1.54, 1.807) is 36.4 Å². The lowest BCUT2D eigenvalue weighted by Crippen LogP contribution is -2.59. The first-order valence-corrected chi connectivity index (χ1v) is 7.58. The molecule has 3 aliphatic heterocycles. The van der Waals surface area contributed by atoms with Crippen molar-refractivity contribution in [2.45, 2.75) is 6.04 Å². The second kappa shape index (κ2) is 5.02. The number of nitrogens with zero attached hydrogens (tertiary/aromatic N) is 1. The lowest BCUT2D eigenvalue weighted by atomic mass is 9.67. The van der Waals surface area contributed by atoms with Gasteiger partial charge in [0, 0.05) is 5.57 Å². The topological polar surface area (TPSA) is 92.8 Å². The van der Waals surface area contributed by atoms with E-state index in [-0.39, 0.29) is 11.5 Å². The highest BCUT2D eigenvalue weighted by molar-refractivity contribution is 6.25. The molecular formula is C17H14N2O5. The van der Waals surface area contributed by atoms with E-state index in [2.05, 4.69) is 5.32 Å². The molecule has 0 unspecified atom stereocenters. The summed E-state index contributed by atoms with van der Waals surface area (Å²) >= 11 is 0. The number of anilines is 1. The van der Waals surface area contributed by atoms with Crippen LogP contribution in [0.25, 0.3) is 0 Å². The Morgan fingerprint density at radius 1 is 1.08 bits per heavy atom. The average molecular weight is 326 g/mol. The van der Waals surface area contributed by atoms with Crippen molar-refractivity contribution < 1.29 is 23.9 Å². The fourth-order valence-electron chi connectivity index (χ4n) is 3.87. The molecule has 4 aliphatic rings. The van der Waals surface area contributed by atoms with E-state index in [1.807, 2.05) is 0 Å². The summed E-state index contributed by atoms with van der Waals surface area (Å²) in [5, 5.41) is 2.70. The number of para-hydroxylation sites is 1. The Morgan fingerprint density at radius 3 is 2.42 bits per heavy atom. The van der Waals surface area contributed by atoms with Gasteiger partial charge in [0.15, 0.2) is 0 Å². The Hall–Kier alpha value is -2.96. The van der Waals surface area contributed by atoms with Gasteiger partial charge < -0.3 is 10.1 Å². The van der Waals surface area contributed by atoms with Gasteiger partial charge in [0.2, 0.25) is 17.7 Å². The zero-order chi connectivity index (χ0) is 17.0. The summed E-state index contributed by atoms with van der Waals surface area (Å²) in [6.07, 6.45) is 1.54. The molecule has 24 heavy (non-hydrogen) atoms. The molecule has 0 saturated carbocycles. The summed E-state index contributed by atoms with van der Waals surface area (Å²) in [5.41, 5.74) is 0.622. The lowest BCUT2D eigenvalue weighted by Gasteiger charge is -2.40. The maximum atomic E-state index is 12.9. The molecule has 0 spiro atoms. The SMILES string of the molecule is COC(=O)C1=C[C@H]2NC(=O)[C@@H]1[C@H]1C(=O)N(c3ccccc3)C(=O)[C@H]12. The van der Waals surface area contributed by atoms with Crippen molar-refractivity contribution in [1.29, 1.82) is 0 Å². The smallest absolute Gasteiger partial charge is 0.334 e. The van der Waals surface area contributed by atoms with Crippen molar-refractivity contribution in [2.24, 2.45) is 17.8 Å². The van der Waals surface area contributed by atoms with Gasteiger partial charge in [-0.1, -0.05) is 24.3 Å². The van der Waals surface area contributed by atoms with E-state index in [0.29, 0.717) is 5.69 Å². The third kappa shape index (κ3) is 1.78. The van der Waals surface area contributed by atoms with E-state index in [4.69, 9.17) is 4.74 Å². The quantitative estimate of drug-likeness (QED) is 0.611. The van der Waals surface area contributed by atoms with Crippen molar-refractivity contribution in [1.82, 2.24) is 5.32 Å². The van der Waals surface area contributed by atoms with E-state index in [0.717, 1.165) is 4.90 Å². The monoisotopic (exact) mass is 326 g/mol. The molecule has 1 N–H and O–H groups in total. The van der Waals surface area contributed by atoms with Gasteiger partial charge >= 0.3 is 5.97 Å². The van der Waals surface area contributed by atoms with E-state index < -0.39 is 41.6 Å². The second-order valence-corrected chi connectivity index (χ2v) is 6.02. The van der Waals surface area contributed by atoms with Crippen LogP contribution in [0.5, 0.6) is 0 Å². The molecule has 7 nitrogen and oxygen atoms in total. The number of esters is 1. The number of imide groups is 1. The summed E-state index contributed by atoms with van der Waals surface area (Å²) < 4.78 is 4.72. The van der Waals surface area contributed by atoms with Crippen molar-refractivity contribution in [3.63, 3.8) is 0 Å². The zero-order valence-corrected chi connectivity index (χ0v) is 12.8. The lowest BCUT2D eigenvalue weighted by molar-refractivity contribution is -0.144. The highest BCUT2D eigenvalue weighted by Gasteiger charge is 2.62. The van der Waals surface area contributed by atoms with Gasteiger partial charge in [-0.15, -0.1) is 0 Å². The van der Waals surface area contributed by atoms with Crippen LogP contribution in [0.4, 0.5) is 5.69 Å². The number of hydrogen-bond acceptors (Lipinski definition) is 5. The third-order valence-electron chi connectivity index (χ3n) is 4.87. The van der Waals surface area contributed by atoms with Gasteiger partial charge in [0.1, 0.15) is 0 Å². The predicted octanol–water partition coefficient (Wildman–Crippen LogP) is 0.0198. The Kier molecular flexibility index (Phi) is 3.06. The molecule has 2 saturated heterocycles. The number of carbonyl (C=O) groups excluding carboxylic acids is 4. The van der Waals surface area contributed by atoms with Crippen molar-refractivity contribution >= 4 is 29.4 Å². The maximum absolute atomic E-state index is 12.9. The Bertz CT molecular complexity index is 800. The summed E-state index contributed by atoms with van der Waals surface area (Å²) in [6, 6.07) is 7.90.